The lowest BCUT2D eigenvalue weighted by Crippen LogP contribution is -2.57. The quantitative estimate of drug-likeness (QED) is 0.0946. The normalized spacial score (nSPS) is 13.7. The van der Waals surface area contributed by atoms with Crippen LogP contribution < -0.4 is 45.5 Å². The Hall–Kier alpha value is -8.92. The van der Waals surface area contributed by atoms with Crippen molar-refractivity contribution in [3.8, 4) is 73.9 Å². The predicted octanol–water partition coefficient (Wildman–Crippen LogP) is 12.5. The van der Waals surface area contributed by atoms with Crippen LogP contribution in [-0.4, -0.2) is 28.9 Å². The smallest absolute Gasteiger partial charge is 0.269 e. The molecule has 15 rings (SSSR count). The molecule has 0 amide bonds. The lowest BCUT2D eigenvalue weighted by atomic mass is 9.35. The van der Waals surface area contributed by atoms with Gasteiger partial charge in [0.15, 0.2) is 0 Å². The van der Waals surface area contributed by atoms with Crippen molar-refractivity contribution in [2.75, 3.05) is 0 Å². The Balaban J connectivity index is 0.912. The van der Waals surface area contributed by atoms with E-state index in [-0.39, 0.29) is 12.1 Å². The van der Waals surface area contributed by atoms with Gasteiger partial charge in [-0.05, 0) is 103 Å². The summed E-state index contributed by atoms with van der Waals surface area (Å²) in [6.45, 7) is 11.6. The summed E-state index contributed by atoms with van der Waals surface area (Å²) in [5.41, 5.74) is 15.3. The van der Waals surface area contributed by atoms with Crippen molar-refractivity contribution in [1.29, 1.82) is 0 Å². The number of para-hydroxylation sites is 4. The molecule has 0 bridgehead atoms. The van der Waals surface area contributed by atoms with E-state index >= 15 is 0 Å². The van der Waals surface area contributed by atoms with E-state index in [1.54, 1.807) is 0 Å². The molecular formula is C66H49BN4O3Si. The molecular weight excluding hydrogens is 936 g/mol. The summed E-state index contributed by atoms with van der Waals surface area (Å²) < 4.78 is 27.8. The van der Waals surface area contributed by atoms with Gasteiger partial charge in [0.05, 0.1) is 38.8 Å². The fraction of sp³-hybridized carbons (Fsp3) is 0.0909. The molecule has 12 aromatic rings. The molecule has 75 heavy (non-hydrogen) atoms. The Kier molecular flexibility index (Phi) is 9.33. The number of hydrogen-bond acceptors (Lipinski definition) is 4. The fourth-order valence-corrected chi connectivity index (χ4v) is 15.2. The predicted molar refractivity (Wildman–Crippen MR) is 306 cm³/mol. The van der Waals surface area contributed by atoms with Crippen LogP contribution >= 0.6 is 0 Å². The number of rotatable bonds is 6. The van der Waals surface area contributed by atoms with Crippen molar-refractivity contribution >= 4 is 74.4 Å². The average molecular weight is 985 g/mol. The van der Waals surface area contributed by atoms with Gasteiger partial charge < -0.3 is 14.2 Å². The first-order valence-electron chi connectivity index (χ1n) is 25.8. The van der Waals surface area contributed by atoms with Gasteiger partial charge in [-0.1, -0.05) is 173 Å². The minimum atomic E-state index is -2.24. The molecule has 0 aliphatic carbocycles. The number of hydrogen-bond donors (Lipinski definition) is 0. The van der Waals surface area contributed by atoms with Gasteiger partial charge in [-0.2, -0.15) is 0 Å². The first-order chi connectivity index (χ1) is 36.6. The highest BCUT2D eigenvalue weighted by molar-refractivity contribution is 7.02. The van der Waals surface area contributed by atoms with Gasteiger partial charge in [-0.3, -0.25) is 13.7 Å². The van der Waals surface area contributed by atoms with Crippen LogP contribution in [0.1, 0.15) is 26.3 Å². The topological polar surface area (TPSA) is 54.3 Å². The Morgan fingerprint density at radius 2 is 1.25 bits per heavy atom. The standard InChI is InChI=1S/C66H49BN4O3Si/c1-66(2,3)43-34-35-68-60(36-43)71-52-37-44(30-32-48(52)61-54(71)39-57-62-65(61)74-56-28-15-13-25-50(56)67(62)49-24-12-14-27-55(49)73-57)72-45-31-33-58-53(38-45)70-40-69(51-26-17-29-59(64(51)70)75(58,4)5)63-46(41-18-8-6-9-19-41)22-16-23-47(63)42-20-10-7-11-21-42/h6-39H,1-5H3. The summed E-state index contributed by atoms with van der Waals surface area (Å²) in [6, 6.07) is 71.2. The Morgan fingerprint density at radius 3 is 1.97 bits per heavy atom. The number of imidazole rings is 1. The SMILES string of the molecule is CC(C)(C)c1ccnc(-n2c3cc(Oc4ccc5c(c4)-n4[c-][n+](-c6c(-c7ccccc7)cccc6-c6ccccc6)c6cccc(c64)[Si]5(C)C)ccc3c3c4c5c(cc32)Oc2ccccc2B5c2ccccc2O4)c1. The third kappa shape index (κ3) is 6.53. The maximum atomic E-state index is 7.08. The first kappa shape index (κ1) is 43.6. The highest BCUT2D eigenvalue weighted by Gasteiger charge is 2.42. The zero-order valence-electron chi connectivity index (χ0n) is 42.2. The van der Waals surface area contributed by atoms with Crippen LogP contribution in [0.3, 0.4) is 0 Å². The first-order valence-corrected chi connectivity index (χ1v) is 28.8. The van der Waals surface area contributed by atoms with Crippen molar-refractivity contribution < 1.29 is 18.8 Å². The third-order valence-corrected chi connectivity index (χ3v) is 19.4. The van der Waals surface area contributed by atoms with Crippen LogP contribution in [0, 0.1) is 6.33 Å². The van der Waals surface area contributed by atoms with Crippen LogP contribution in [0.15, 0.2) is 206 Å². The van der Waals surface area contributed by atoms with Crippen LogP contribution in [0.2, 0.25) is 13.1 Å². The van der Waals surface area contributed by atoms with Gasteiger partial charge in [-0.25, -0.2) is 4.98 Å². The van der Waals surface area contributed by atoms with Crippen molar-refractivity contribution in [3.05, 3.63) is 218 Å². The number of pyridine rings is 1. The Labute approximate surface area is 436 Å². The molecule has 0 radical (unpaired) electrons. The molecule has 0 saturated heterocycles. The molecule has 358 valence electrons. The molecule has 0 spiro atoms. The molecule has 0 saturated carbocycles. The maximum absolute atomic E-state index is 7.08. The van der Waals surface area contributed by atoms with E-state index in [1.165, 1.54) is 21.5 Å². The van der Waals surface area contributed by atoms with Crippen LogP contribution in [0.5, 0.6) is 34.5 Å². The van der Waals surface area contributed by atoms with E-state index in [0.717, 1.165) is 112 Å². The van der Waals surface area contributed by atoms with E-state index < -0.39 is 8.07 Å². The molecule has 6 heterocycles. The molecule has 0 N–H and O–H groups in total. The maximum Gasteiger partial charge on any atom is 0.269 e. The zero-order chi connectivity index (χ0) is 50.3. The Morgan fingerprint density at radius 1 is 0.600 bits per heavy atom. The molecule has 0 unspecified atom stereocenters. The third-order valence-electron chi connectivity index (χ3n) is 15.9. The summed E-state index contributed by atoms with van der Waals surface area (Å²) in [7, 11) is -2.24. The molecule has 0 fully saturated rings. The molecule has 3 aliphatic rings. The monoisotopic (exact) mass is 984 g/mol. The summed E-state index contributed by atoms with van der Waals surface area (Å²) in [4.78, 5) is 5.08. The van der Waals surface area contributed by atoms with E-state index in [1.807, 2.05) is 12.3 Å². The molecule has 0 atom stereocenters. The van der Waals surface area contributed by atoms with Gasteiger partial charge in [0.25, 0.3) is 13.0 Å². The number of benzene rings is 9. The van der Waals surface area contributed by atoms with Crippen LogP contribution in [0.25, 0.3) is 72.3 Å². The molecule has 9 aromatic carbocycles. The summed E-state index contributed by atoms with van der Waals surface area (Å²) in [5.74, 6) is 5.54. The lowest BCUT2D eigenvalue weighted by molar-refractivity contribution is -0.571. The average Bonchev–Trinajstić information content (AvgIpc) is 4.00. The van der Waals surface area contributed by atoms with Gasteiger partial charge >= 0.3 is 0 Å². The van der Waals surface area contributed by atoms with Gasteiger partial charge in [-0.15, -0.1) is 0 Å². The van der Waals surface area contributed by atoms with Crippen molar-refractivity contribution in [1.82, 2.24) is 14.1 Å². The van der Waals surface area contributed by atoms with E-state index in [9.17, 15) is 0 Å². The van der Waals surface area contributed by atoms with E-state index in [4.69, 9.17) is 19.2 Å². The molecule has 3 aliphatic heterocycles. The largest absolute Gasteiger partial charge is 0.458 e. The van der Waals surface area contributed by atoms with Gasteiger partial charge in [0.2, 0.25) is 0 Å². The second-order valence-corrected chi connectivity index (χ2v) is 26.0. The number of nitrogens with zero attached hydrogens (tertiary/aromatic N) is 4. The van der Waals surface area contributed by atoms with E-state index in [0.29, 0.717) is 5.75 Å². The highest BCUT2D eigenvalue weighted by atomic mass is 28.3. The van der Waals surface area contributed by atoms with Gasteiger partial charge in [0.1, 0.15) is 48.4 Å². The van der Waals surface area contributed by atoms with Crippen molar-refractivity contribution in [2.45, 2.75) is 39.3 Å². The number of fused-ring (bicyclic) bond motifs is 10. The molecule has 7 nitrogen and oxygen atoms in total. The van der Waals surface area contributed by atoms with E-state index in [2.05, 4.69) is 248 Å². The molecule has 3 aromatic heterocycles. The minimum absolute atomic E-state index is 0.0561. The highest BCUT2D eigenvalue weighted by Crippen LogP contribution is 2.46. The number of aromatic nitrogens is 4. The second-order valence-electron chi connectivity index (χ2n) is 21.7. The molecule has 9 heteroatoms. The van der Waals surface area contributed by atoms with Crippen LogP contribution in [-0.2, 0) is 5.41 Å². The fourth-order valence-electron chi connectivity index (χ4n) is 12.3. The van der Waals surface area contributed by atoms with Crippen molar-refractivity contribution in [3.63, 3.8) is 0 Å². The van der Waals surface area contributed by atoms with Crippen molar-refractivity contribution in [2.24, 2.45) is 0 Å². The second kappa shape index (κ2) is 16.0. The summed E-state index contributed by atoms with van der Waals surface area (Å²) in [5, 5.41) is 4.75. The summed E-state index contributed by atoms with van der Waals surface area (Å²) in [6.07, 6.45) is 5.87. The Bertz CT molecular complexity index is 4300. The number of ether oxygens (including phenoxy) is 3. The lowest BCUT2D eigenvalue weighted by Gasteiger charge is -2.33. The summed E-state index contributed by atoms with van der Waals surface area (Å²) >= 11 is 0. The van der Waals surface area contributed by atoms with Crippen LogP contribution in [0.4, 0.5) is 0 Å². The zero-order valence-corrected chi connectivity index (χ0v) is 43.2. The minimum Gasteiger partial charge on any atom is -0.458 e. The van der Waals surface area contributed by atoms with Gasteiger partial charge in [0, 0.05) is 29.2 Å².